The molecule has 2 aliphatic rings. The van der Waals surface area contributed by atoms with Gasteiger partial charge in [-0.3, -0.25) is 9.78 Å². The molecule has 1 aromatic heterocycles. The molecule has 2 saturated heterocycles. The maximum atomic E-state index is 15.3. The van der Waals surface area contributed by atoms with Gasteiger partial charge in [-0.05, 0) is 56.6 Å². The van der Waals surface area contributed by atoms with Gasteiger partial charge in [-0.2, -0.15) is 0 Å². The summed E-state index contributed by atoms with van der Waals surface area (Å²) in [5, 5.41) is 2.26. The lowest BCUT2D eigenvalue weighted by molar-refractivity contribution is -0.134. The summed E-state index contributed by atoms with van der Waals surface area (Å²) in [4.78, 5) is 32.2. The molecule has 2 aliphatic heterocycles. The van der Waals surface area contributed by atoms with Crippen LogP contribution in [-0.2, 0) is 4.79 Å². The van der Waals surface area contributed by atoms with Gasteiger partial charge < -0.3 is 24.4 Å². The summed E-state index contributed by atoms with van der Waals surface area (Å²) >= 11 is 1.05. The normalized spacial score (nSPS) is 16.6. The minimum absolute atomic E-state index is 0.00440. The molecule has 0 saturated carbocycles. The van der Waals surface area contributed by atoms with Crippen molar-refractivity contribution in [2.24, 2.45) is 0 Å². The average Bonchev–Trinajstić information content (AvgIpc) is 3.59. The molecule has 0 bridgehead atoms. The number of methoxy groups -OCH3 is 1. The maximum Gasteiger partial charge on any atom is 0.338 e. The van der Waals surface area contributed by atoms with Crippen molar-refractivity contribution in [2.45, 2.75) is 31.1 Å². The maximum absolute atomic E-state index is 15.3. The van der Waals surface area contributed by atoms with Crippen molar-refractivity contribution in [3.8, 4) is 23.0 Å². The zero-order valence-electron chi connectivity index (χ0n) is 26.4. The third-order valence-electron chi connectivity index (χ3n) is 8.09. The molecule has 3 aromatic carbocycles. The summed E-state index contributed by atoms with van der Waals surface area (Å²) in [6.45, 7) is 3.62. The predicted octanol–water partition coefficient (Wildman–Crippen LogP) is 7.16. The van der Waals surface area contributed by atoms with E-state index in [-0.39, 0.29) is 23.6 Å². The highest BCUT2D eigenvalue weighted by Gasteiger charge is 2.35. The number of benzene rings is 3. The minimum Gasteiger partial charge on any atom is -0.493 e. The van der Waals surface area contributed by atoms with Crippen molar-refractivity contribution in [1.82, 2.24) is 20.3 Å². The van der Waals surface area contributed by atoms with Gasteiger partial charge in [-0.25, -0.2) is 32.8 Å². The third kappa shape index (κ3) is 7.78. The molecule has 49 heavy (non-hydrogen) atoms. The molecule has 0 radical (unpaired) electrons. The molecule has 4 aromatic rings. The number of rotatable bonds is 11. The summed E-state index contributed by atoms with van der Waals surface area (Å²) in [5.41, 5.74) is 1.98. The van der Waals surface area contributed by atoms with E-state index in [9.17, 15) is 18.4 Å². The molecule has 3 amide bonds. The molecular weight excluding hydrogens is 666 g/mol. The Labute approximate surface area is 283 Å². The number of hydrogen-bond acceptors (Lipinski definition) is 8. The van der Waals surface area contributed by atoms with Gasteiger partial charge in [0.2, 0.25) is 5.91 Å². The van der Waals surface area contributed by atoms with Crippen LogP contribution in [0.3, 0.4) is 0 Å². The summed E-state index contributed by atoms with van der Waals surface area (Å²) in [6.07, 6.45) is 4.69. The summed E-state index contributed by atoms with van der Waals surface area (Å²) in [5.74, 6) is -4.17. The molecule has 15 heteroatoms. The highest BCUT2D eigenvalue weighted by atomic mass is 32.2. The van der Waals surface area contributed by atoms with Crippen LogP contribution in [0.25, 0.3) is 10.9 Å². The second kappa shape index (κ2) is 15.2. The van der Waals surface area contributed by atoms with Gasteiger partial charge in [0.25, 0.3) is 0 Å². The molecule has 0 spiro atoms. The van der Waals surface area contributed by atoms with Crippen LogP contribution in [-0.4, -0.2) is 65.9 Å². The molecule has 0 aliphatic carbocycles. The number of carbonyl (C=O) groups is 2. The minimum atomic E-state index is -1.20. The Hall–Kier alpha value is -4.76. The Balaban J connectivity index is 1.15. The van der Waals surface area contributed by atoms with E-state index in [4.69, 9.17) is 14.2 Å². The first-order valence-electron chi connectivity index (χ1n) is 15.7. The second-order valence-electron chi connectivity index (χ2n) is 11.4. The van der Waals surface area contributed by atoms with E-state index in [1.165, 1.54) is 38.3 Å². The lowest BCUT2D eigenvalue weighted by atomic mass is 10.1. The smallest absolute Gasteiger partial charge is 0.338 e. The first-order valence-corrected chi connectivity index (χ1v) is 16.7. The van der Waals surface area contributed by atoms with E-state index in [0.29, 0.717) is 29.0 Å². The summed E-state index contributed by atoms with van der Waals surface area (Å²) < 4.78 is 76.8. The van der Waals surface area contributed by atoms with Crippen LogP contribution >= 0.6 is 11.8 Å². The number of thioether (sulfide) groups is 1. The van der Waals surface area contributed by atoms with E-state index in [2.05, 4.69) is 20.6 Å². The van der Waals surface area contributed by atoms with Crippen molar-refractivity contribution in [3.05, 3.63) is 83.6 Å². The lowest BCUT2D eigenvalue weighted by Crippen LogP contribution is -2.51. The lowest BCUT2D eigenvalue weighted by Gasteiger charge is -2.35. The number of likely N-dealkylation sites (tertiary alicyclic amines) is 1. The van der Waals surface area contributed by atoms with Crippen LogP contribution in [0.5, 0.6) is 23.0 Å². The fraction of sp³-hybridized carbons (Fsp3) is 0.324. The van der Waals surface area contributed by atoms with E-state index >= 15 is 8.78 Å². The third-order valence-corrected chi connectivity index (χ3v) is 9.30. The van der Waals surface area contributed by atoms with Crippen LogP contribution < -0.4 is 25.0 Å². The van der Waals surface area contributed by atoms with Crippen LogP contribution in [0.1, 0.15) is 36.6 Å². The first-order chi connectivity index (χ1) is 23.7. The van der Waals surface area contributed by atoms with Gasteiger partial charge in [0.05, 0.1) is 24.8 Å². The summed E-state index contributed by atoms with van der Waals surface area (Å²) in [6, 6.07) is 8.59. The van der Waals surface area contributed by atoms with Gasteiger partial charge in [0, 0.05) is 54.2 Å². The monoisotopic (exact) mass is 699 g/mol. The van der Waals surface area contributed by atoms with E-state index < -0.39 is 51.9 Å². The number of pyridine rings is 1. The zero-order valence-corrected chi connectivity index (χ0v) is 27.3. The quantitative estimate of drug-likeness (QED) is 0.126. The van der Waals surface area contributed by atoms with Crippen molar-refractivity contribution in [2.75, 3.05) is 44.4 Å². The Bertz CT molecular complexity index is 1820. The SMILES string of the molecule is COc1cc2c(Oc3c(F)cc(NC(=O)NN4C(=O)CCSC4c4c(F)cccc4F)cc3F)ccnc2cc1OCCCN1CCCC1. The molecule has 1 atom stereocenters. The van der Waals surface area contributed by atoms with Crippen molar-refractivity contribution in [1.29, 1.82) is 0 Å². The first kappa shape index (κ1) is 34.1. The van der Waals surface area contributed by atoms with Crippen molar-refractivity contribution in [3.63, 3.8) is 0 Å². The Kier molecular flexibility index (Phi) is 10.6. The Morgan fingerprint density at radius 1 is 0.980 bits per heavy atom. The van der Waals surface area contributed by atoms with Gasteiger partial charge in [-0.15, -0.1) is 11.8 Å². The van der Waals surface area contributed by atoms with Gasteiger partial charge in [-0.1, -0.05) is 6.07 Å². The molecule has 1 unspecified atom stereocenters. The molecule has 6 rings (SSSR count). The zero-order chi connectivity index (χ0) is 34.5. The fourth-order valence-corrected chi connectivity index (χ4v) is 6.96. The number of hydrogen-bond donors (Lipinski definition) is 2. The molecule has 2 fully saturated rings. The number of anilines is 1. The fourth-order valence-electron chi connectivity index (χ4n) is 5.74. The van der Waals surface area contributed by atoms with Gasteiger partial charge in [0.15, 0.2) is 28.9 Å². The molecule has 2 N–H and O–H groups in total. The molecule has 3 heterocycles. The highest BCUT2D eigenvalue weighted by molar-refractivity contribution is 7.99. The van der Waals surface area contributed by atoms with Crippen molar-refractivity contribution >= 4 is 40.3 Å². The number of carbonyl (C=O) groups excluding carboxylic acids is 2. The number of nitrogens with one attached hydrogen (secondary N) is 2. The summed E-state index contributed by atoms with van der Waals surface area (Å²) in [7, 11) is 1.48. The molecule has 10 nitrogen and oxygen atoms in total. The van der Waals surface area contributed by atoms with Gasteiger partial charge in [0.1, 0.15) is 22.8 Å². The number of halogens is 4. The van der Waals surface area contributed by atoms with E-state index in [1.807, 2.05) is 0 Å². The number of aromatic nitrogens is 1. The largest absolute Gasteiger partial charge is 0.493 e. The molecular formula is C34H33F4N5O5S. The second-order valence-corrected chi connectivity index (χ2v) is 12.6. The number of ether oxygens (including phenoxy) is 3. The topological polar surface area (TPSA) is 105 Å². The van der Waals surface area contributed by atoms with Crippen LogP contribution in [0, 0.1) is 23.3 Å². The van der Waals surface area contributed by atoms with Gasteiger partial charge >= 0.3 is 6.03 Å². The van der Waals surface area contributed by atoms with Crippen LogP contribution in [0.15, 0.2) is 54.7 Å². The van der Waals surface area contributed by atoms with Crippen molar-refractivity contribution < 1.29 is 41.4 Å². The number of urea groups is 1. The Morgan fingerprint density at radius 3 is 2.43 bits per heavy atom. The molecule has 258 valence electrons. The van der Waals surface area contributed by atoms with Crippen LogP contribution in [0.4, 0.5) is 28.0 Å². The standard InChI is InChI=1S/C34H33F4N5O5S/c1-46-28-18-21-26(19-29(28)47-14-5-13-42-11-2-3-12-42)39-10-8-27(21)48-32-24(37)16-20(17-25(32)38)40-34(45)41-43-30(44)9-15-49-33(43)31-22(35)6-4-7-23(31)36/h4,6-8,10,16-19,33H,2-3,5,9,11-15H2,1H3,(H2,40,41,45). The van der Waals surface area contributed by atoms with E-state index in [1.54, 1.807) is 12.1 Å². The predicted molar refractivity (Wildman–Crippen MR) is 176 cm³/mol. The highest BCUT2D eigenvalue weighted by Crippen LogP contribution is 2.40. The van der Waals surface area contributed by atoms with Crippen LogP contribution in [0.2, 0.25) is 0 Å². The number of hydrazine groups is 1. The number of fused-ring (bicyclic) bond motifs is 1. The Morgan fingerprint density at radius 2 is 1.71 bits per heavy atom. The van der Waals surface area contributed by atoms with E-state index in [0.717, 1.165) is 67.1 Å². The average molecular weight is 700 g/mol. The number of amides is 3. The number of nitrogens with zero attached hydrogens (tertiary/aromatic N) is 3.